The maximum atomic E-state index is 2.40. The quantitative estimate of drug-likeness (QED) is 0.138. The number of aryl methyl sites for hydroxylation is 1. The molecule has 0 N–H and O–H groups in total. The summed E-state index contributed by atoms with van der Waals surface area (Å²) in [4.78, 5) is 7.05. The average molecular weight is 759 g/mol. The van der Waals surface area contributed by atoms with Gasteiger partial charge >= 0.3 is 0 Å². The van der Waals surface area contributed by atoms with Gasteiger partial charge < -0.3 is 19.3 Å². The number of nitrogens with zero attached hydrogens (tertiary/aromatic N) is 4. The molecule has 0 saturated carbocycles. The minimum atomic E-state index is 1.05. The summed E-state index contributed by atoms with van der Waals surface area (Å²) in [5.74, 6) is 0. The lowest BCUT2D eigenvalue weighted by atomic mass is 10.1. The van der Waals surface area contributed by atoms with Gasteiger partial charge in [0, 0.05) is 67.6 Å². The summed E-state index contributed by atoms with van der Waals surface area (Å²) in [5, 5.41) is 2.41. The first kappa shape index (κ1) is 35.6. The Labute approximate surface area is 345 Å². The molecule has 0 atom stereocenters. The first-order valence-electron chi connectivity index (χ1n) is 20.1. The highest BCUT2D eigenvalue weighted by Crippen LogP contribution is 2.44. The van der Waals surface area contributed by atoms with E-state index >= 15 is 0 Å². The second kappa shape index (κ2) is 15.6. The first-order chi connectivity index (χ1) is 29.2. The van der Waals surface area contributed by atoms with Crippen LogP contribution in [0, 0.1) is 6.92 Å². The van der Waals surface area contributed by atoms with Gasteiger partial charge in [0.05, 0.1) is 11.0 Å². The van der Waals surface area contributed by atoms with Crippen molar-refractivity contribution < 1.29 is 0 Å². The van der Waals surface area contributed by atoms with E-state index in [1.165, 1.54) is 21.9 Å². The molecule has 0 bridgehead atoms. The molecular weight excluding hydrogens is 717 g/mol. The third-order valence-electron chi connectivity index (χ3n) is 11.0. The van der Waals surface area contributed by atoms with E-state index in [1.54, 1.807) is 0 Å². The van der Waals surface area contributed by atoms with E-state index in [0.29, 0.717) is 0 Å². The normalized spacial score (nSPS) is 11.1. The third-order valence-corrected chi connectivity index (χ3v) is 11.0. The van der Waals surface area contributed by atoms with E-state index in [1.807, 2.05) is 0 Å². The van der Waals surface area contributed by atoms with Gasteiger partial charge in [-0.2, -0.15) is 0 Å². The van der Waals surface area contributed by atoms with Crippen LogP contribution < -0.4 is 14.7 Å². The Kier molecular flexibility index (Phi) is 9.41. The van der Waals surface area contributed by atoms with Crippen LogP contribution in [0.15, 0.2) is 237 Å². The molecule has 9 aromatic carbocycles. The number of hydrogen-bond donors (Lipinski definition) is 0. The van der Waals surface area contributed by atoms with Crippen molar-refractivity contribution in [2.24, 2.45) is 0 Å². The third kappa shape index (κ3) is 6.87. The Balaban J connectivity index is 1.19. The fraction of sp³-hybridized carbons (Fsp3) is 0.0182. The van der Waals surface area contributed by atoms with Crippen LogP contribution in [-0.4, -0.2) is 4.57 Å². The molecule has 0 amide bonds. The summed E-state index contributed by atoms with van der Waals surface area (Å²) >= 11 is 0. The van der Waals surface area contributed by atoms with Crippen molar-refractivity contribution in [3.8, 4) is 5.69 Å². The van der Waals surface area contributed by atoms with Crippen molar-refractivity contribution in [2.45, 2.75) is 6.92 Å². The molecule has 0 aliphatic rings. The largest absolute Gasteiger partial charge is 0.310 e. The minimum absolute atomic E-state index is 1.05. The van der Waals surface area contributed by atoms with Crippen LogP contribution in [0.4, 0.5) is 51.2 Å². The van der Waals surface area contributed by atoms with Crippen LogP contribution in [0.1, 0.15) is 5.56 Å². The zero-order valence-electron chi connectivity index (χ0n) is 32.8. The molecule has 4 nitrogen and oxygen atoms in total. The Morgan fingerprint density at radius 1 is 0.271 bits per heavy atom. The number of benzene rings is 9. The molecule has 59 heavy (non-hydrogen) atoms. The van der Waals surface area contributed by atoms with Crippen molar-refractivity contribution in [1.82, 2.24) is 4.57 Å². The molecule has 1 aromatic heterocycles. The Morgan fingerprint density at radius 3 is 1.14 bits per heavy atom. The zero-order chi connectivity index (χ0) is 39.5. The predicted octanol–water partition coefficient (Wildman–Crippen LogP) is 15.5. The molecule has 0 unspecified atom stereocenters. The molecule has 282 valence electrons. The lowest BCUT2D eigenvalue weighted by Crippen LogP contribution is -2.14. The van der Waals surface area contributed by atoms with E-state index in [9.17, 15) is 0 Å². The molecule has 0 aliphatic carbocycles. The van der Waals surface area contributed by atoms with E-state index in [4.69, 9.17) is 0 Å². The van der Waals surface area contributed by atoms with E-state index in [0.717, 1.165) is 62.4 Å². The molecule has 0 aliphatic heterocycles. The molecule has 4 heteroatoms. The second-order valence-corrected chi connectivity index (χ2v) is 14.8. The maximum Gasteiger partial charge on any atom is 0.0542 e. The van der Waals surface area contributed by atoms with Gasteiger partial charge in [-0.25, -0.2) is 0 Å². The number of rotatable bonds is 10. The fourth-order valence-electron chi connectivity index (χ4n) is 8.26. The minimum Gasteiger partial charge on any atom is -0.310 e. The van der Waals surface area contributed by atoms with Crippen molar-refractivity contribution in [3.63, 3.8) is 0 Å². The summed E-state index contributed by atoms with van der Waals surface area (Å²) in [7, 11) is 0. The molecule has 0 fully saturated rings. The van der Waals surface area contributed by atoms with Gasteiger partial charge in [-0.05, 0) is 128 Å². The maximum absolute atomic E-state index is 2.40. The van der Waals surface area contributed by atoms with Crippen molar-refractivity contribution in [3.05, 3.63) is 242 Å². The summed E-state index contributed by atoms with van der Waals surface area (Å²) in [6, 6.07) is 84.7. The highest BCUT2D eigenvalue weighted by atomic mass is 15.2. The number of hydrogen-bond acceptors (Lipinski definition) is 3. The van der Waals surface area contributed by atoms with Crippen LogP contribution in [0.5, 0.6) is 0 Å². The van der Waals surface area contributed by atoms with Gasteiger partial charge in [0.25, 0.3) is 0 Å². The van der Waals surface area contributed by atoms with Gasteiger partial charge in [-0.15, -0.1) is 0 Å². The molecule has 10 aromatic rings. The smallest absolute Gasteiger partial charge is 0.0542 e. The van der Waals surface area contributed by atoms with Gasteiger partial charge in [0.15, 0.2) is 0 Å². The SMILES string of the molecule is Cc1ccc(N(c2ccccc2)c2cccc(N(c3cccc(N(c4ccccc4)c4ccccc4)c3)c3ccc4c(c3)c3ccccc3n4-c3ccccc3)c2)cc1. The average Bonchev–Trinajstić information content (AvgIpc) is 3.63. The van der Waals surface area contributed by atoms with E-state index in [-0.39, 0.29) is 0 Å². The van der Waals surface area contributed by atoms with Gasteiger partial charge in [-0.3, -0.25) is 0 Å². The van der Waals surface area contributed by atoms with Gasteiger partial charge in [0.2, 0.25) is 0 Å². The first-order valence-corrected chi connectivity index (χ1v) is 20.1. The Hall–Kier alpha value is -7.82. The topological polar surface area (TPSA) is 14.7 Å². The van der Waals surface area contributed by atoms with E-state index in [2.05, 4.69) is 263 Å². The van der Waals surface area contributed by atoms with Gasteiger partial charge in [0.1, 0.15) is 0 Å². The zero-order valence-corrected chi connectivity index (χ0v) is 32.8. The fourth-order valence-corrected chi connectivity index (χ4v) is 8.26. The van der Waals surface area contributed by atoms with Crippen molar-refractivity contribution in [2.75, 3.05) is 14.7 Å². The Morgan fingerprint density at radius 2 is 0.627 bits per heavy atom. The lowest BCUT2D eigenvalue weighted by Gasteiger charge is -2.31. The van der Waals surface area contributed by atoms with Crippen LogP contribution in [0.2, 0.25) is 0 Å². The van der Waals surface area contributed by atoms with Crippen molar-refractivity contribution in [1.29, 1.82) is 0 Å². The predicted molar refractivity (Wildman–Crippen MR) is 250 cm³/mol. The van der Waals surface area contributed by atoms with Crippen LogP contribution in [0.25, 0.3) is 27.5 Å². The number of anilines is 9. The molecule has 0 spiro atoms. The molecule has 0 radical (unpaired) electrons. The summed E-state index contributed by atoms with van der Waals surface area (Å²) in [6.45, 7) is 2.13. The highest BCUT2D eigenvalue weighted by Gasteiger charge is 2.21. The van der Waals surface area contributed by atoms with Gasteiger partial charge in [-0.1, -0.05) is 121 Å². The van der Waals surface area contributed by atoms with Crippen molar-refractivity contribution >= 4 is 73.0 Å². The number of aromatic nitrogens is 1. The van der Waals surface area contributed by atoms with Crippen LogP contribution in [-0.2, 0) is 0 Å². The number of fused-ring (bicyclic) bond motifs is 3. The van der Waals surface area contributed by atoms with E-state index < -0.39 is 0 Å². The monoisotopic (exact) mass is 758 g/mol. The standard InChI is InChI=1S/C55H42N4/c1-41-32-34-46(35-33-41)57(44-22-10-4-11-23-44)48-27-17-29-50(39-48)58(49-28-16-26-47(38-49)56(42-18-6-2-7-19-42)43-20-8-3-9-21-43)51-36-37-55-53(40-51)52-30-14-15-31-54(52)59(55)45-24-12-5-13-25-45/h2-40H,1H3. The molecule has 10 rings (SSSR count). The second-order valence-electron chi connectivity index (χ2n) is 14.8. The summed E-state index contributed by atoms with van der Waals surface area (Å²) in [6.07, 6.45) is 0. The van der Waals surface area contributed by atoms with Crippen LogP contribution in [0.3, 0.4) is 0 Å². The molecule has 0 saturated heterocycles. The Bertz CT molecular complexity index is 2960. The molecule has 1 heterocycles. The molecular formula is C55H42N4. The lowest BCUT2D eigenvalue weighted by molar-refractivity contribution is 1.18. The highest BCUT2D eigenvalue weighted by molar-refractivity contribution is 6.10. The summed E-state index contributed by atoms with van der Waals surface area (Å²) in [5.41, 5.74) is 14.4. The number of para-hydroxylation sites is 5. The van der Waals surface area contributed by atoms with Crippen LogP contribution >= 0.6 is 0 Å². The summed E-state index contributed by atoms with van der Waals surface area (Å²) < 4.78 is 2.37.